The summed E-state index contributed by atoms with van der Waals surface area (Å²) in [6.45, 7) is 7.07. The van der Waals surface area contributed by atoms with Crippen molar-refractivity contribution >= 4 is 5.91 Å². The molecule has 0 aromatic heterocycles. The van der Waals surface area contributed by atoms with E-state index >= 15 is 0 Å². The Morgan fingerprint density at radius 2 is 2.29 bits per heavy atom. The van der Waals surface area contributed by atoms with Crippen LogP contribution in [0.5, 0.6) is 0 Å². The number of carbonyl (C=O) groups is 1. The highest BCUT2D eigenvalue weighted by Crippen LogP contribution is 2.16. The molecule has 1 rings (SSSR count). The second-order valence-electron chi connectivity index (χ2n) is 4.91. The Bertz CT molecular complexity index is 233. The Hall–Kier alpha value is -0.610. The summed E-state index contributed by atoms with van der Waals surface area (Å²) in [5, 5.41) is 0. The van der Waals surface area contributed by atoms with Crippen molar-refractivity contribution in [2.24, 2.45) is 11.7 Å². The van der Waals surface area contributed by atoms with Crippen LogP contribution in [-0.4, -0.2) is 43.2 Å². The Morgan fingerprint density at radius 1 is 1.53 bits per heavy atom. The smallest absolute Gasteiger partial charge is 0.222 e. The second-order valence-corrected chi connectivity index (χ2v) is 4.91. The lowest BCUT2D eigenvalue weighted by Crippen LogP contribution is -2.44. The van der Waals surface area contributed by atoms with Crippen LogP contribution in [-0.2, 0) is 9.53 Å². The average molecular weight is 242 g/mol. The lowest BCUT2D eigenvalue weighted by Gasteiger charge is -2.31. The number of ether oxygens (including phenoxy) is 1. The highest BCUT2D eigenvalue weighted by atomic mass is 16.5. The molecule has 0 bridgehead atoms. The SMILES string of the molecule is CCC(CCN)CCC(=O)N1CCOC(C)C1. The zero-order valence-electron chi connectivity index (χ0n) is 11.2. The first-order valence-corrected chi connectivity index (χ1v) is 6.76. The number of nitrogens with two attached hydrogens (primary N) is 1. The highest BCUT2D eigenvalue weighted by Gasteiger charge is 2.21. The standard InChI is InChI=1S/C13H26N2O2/c1-3-12(6-7-14)4-5-13(16)15-8-9-17-11(2)10-15/h11-12H,3-10,14H2,1-2H3. The summed E-state index contributed by atoms with van der Waals surface area (Å²) in [6, 6.07) is 0. The van der Waals surface area contributed by atoms with E-state index in [4.69, 9.17) is 10.5 Å². The van der Waals surface area contributed by atoms with Gasteiger partial charge in [0.25, 0.3) is 0 Å². The molecule has 0 radical (unpaired) electrons. The second kappa shape index (κ2) is 7.67. The van der Waals surface area contributed by atoms with Gasteiger partial charge in [0.1, 0.15) is 0 Å². The number of amides is 1. The fourth-order valence-electron chi connectivity index (χ4n) is 2.32. The highest BCUT2D eigenvalue weighted by molar-refractivity contribution is 5.76. The molecule has 1 saturated heterocycles. The van der Waals surface area contributed by atoms with Crippen LogP contribution in [0.3, 0.4) is 0 Å². The van der Waals surface area contributed by atoms with Crippen molar-refractivity contribution in [2.75, 3.05) is 26.2 Å². The third-order valence-corrected chi connectivity index (χ3v) is 3.51. The maximum Gasteiger partial charge on any atom is 0.222 e. The lowest BCUT2D eigenvalue weighted by atomic mass is 9.96. The van der Waals surface area contributed by atoms with Crippen LogP contribution < -0.4 is 5.73 Å². The molecular weight excluding hydrogens is 216 g/mol. The molecular formula is C13H26N2O2. The van der Waals surface area contributed by atoms with Crippen molar-refractivity contribution in [3.8, 4) is 0 Å². The minimum atomic E-state index is 0.179. The number of hydrogen-bond donors (Lipinski definition) is 1. The Balaban J connectivity index is 2.28. The van der Waals surface area contributed by atoms with E-state index in [2.05, 4.69) is 6.92 Å². The number of morpholine rings is 1. The van der Waals surface area contributed by atoms with Crippen LogP contribution in [0.25, 0.3) is 0 Å². The van der Waals surface area contributed by atoms with Gasteiger partial charge in [-0.15, -0.1) is 0 Å². The van der Waals surface area contributed by atoms with Crippen LogP contribution in [0, 0.1) is 5.92 Å². The number of hydrogen-bond acceptors (Lipinski definition) is 3. The summed E-state index contributed by atoms with van der Waals surface area (Å²) in [5.74, 6) is 0.873. The zero-order chi connectivity index (χ0) is 12.7. The number of nitrogens with zero attached hydrogens (tertiary/aromatic N) is 1. The van der Waals surface area contributed by atoms with Gasteiger partial charge < -0.3 is 15.4 Å². The molecule has 2 atom stereocenters. The summed E-state index contributed by atoms with van der Waals surface area (Å²) in [5.41, 5.74) is 5.56. The van der Waals surface area contributed by atoms with E-state index in [1.165, 1.54) is 0 Å². The Morgan fingerprint density at radius 3 is 2.88 bits per heavy atom. The normalized spacial score (nSPS) is 22.5. The monoisotopic (exact) mass is 242 g/mol. The minimum absolute atomic E-state index is 0.179. The summed E-state index contributed by atoms with van der Waals surface area (Å²) < 4.78 is 5.43. The van der Waals surface area contributed by atoms with Gasteiger partial charge in [-0.3, -0.25) is 4.79 Å². The third kappa shape index (κ3) is 5.04. The Labute approximate surface area is 104 Å². The van der Waals surface area contributed by atoms with Gasteiger partial charge in [-0.2, -0.15) is 0 Å². The molecule has 0 aromatic rings. The van der Waals surface area contributed by atoms with Crippen molar-refractivity contribution in [3.63, 3.8) is 0 Å². The molecule has 0 saturated carbocycles. The first-order valence-electron chi connectivity index (χ1n) is 6.76. The van der Waals surface area contributed by atoms with Crippen molar-refractivity contribution in [1.82, 2.24) is 4.90 Å². The van der Waals surface area contributed by atoms with E-state index < -0.39 is 0 Å². The van der Waals surface area contributed by atoms with Gasteiger partial charge in [0.05, 0.1) is 12.7 Å². The van der Waals surface area contributed by atoms with Gasteiger partial charge in [-0.1, -0.05) is 13.3 Å². The first-order chi connectivity index (χ1) is 8.17. The molecule has 17 heavy (non-hydrogen) atoms. The molecule has 1 fully saturated rings. The van der Waals surface area contributed by atoms with E-state index in [-0.39, 0.29) is 12.0 Å². The topological polar surface area (TPSA) is 55.6 Å². The molecule has 1 heterocycles. The molecule has 1 aliphatic heterocycles. The summed E-state index contributed by atoms with van der Waals surface area (Å²) in [6.07, 6.45) is 3.95. The van der Waals surface area contributed by atoms with Gasteiger partial charge in [0.15, 0.2) is 0 Å². The van der Waals surface area contributed by atoms with E-state index in [1.807, 2.05) is 11.8 Å². The van der Waals surface area contributed by atoms with E-state index in [0.717, 1.165) is 38.9 Å². The molecule has 4 heteroatoms. The van der Waals surface area contributed by atoms with Gasteiger partial charge >= 0.3 is 0 Å². The molecule has 0 aliphatic carbocycles. The Kier molecular flexibility index (Phi) is 6.52. The number of carbonyl (C=O) groups excluding carboxylic acids is 1. The minimum Gasteiger partial charge on any atom is -0.375 e. The quantitative estimate of drug-likeness (QED) is 0.765. The van der Waals surface area contributed by atoms with Crippen LogP contribution in [0.2, 0.25) is 0 Å². The van der Waals surface area contributed by atoms with Crippen LogP contribution in [0.4, 0.5) is 0 Å². The van der Waals surface area contributed by atoms with Gasteiger partial charge in [-0.25, -0.2) is 0 Å². The van der Waals surface area contributed by atoms with Crippen molar-refractivity contribution in [2.45, 2.75) is 45.6 Å². The predicted octanol–water partition coefficient (Wildman–Crippen LogP) is 1.39. The molecule has 1 aliphatic rings. The molecule has 2 N–H and O–H groups in total. The molecule has 4 nitrogen and oxygen atoms in total. The number of rotatable bonds is 6. The molecule has 0 spiro atoms. The third-order valence-electron chi connectivity index (χ3n) is 3.51. The predicted molar refractivity (Wildman–Crippen MR) is 68.7 cm³/mol. The van der Waals surface area contributed by atoms with Gasteiger partial charge in [-0.05, 0) is 32.2 Å². The first kappa shape index (κ1) is 14.5. The van der Waals surface area contributed by atoms with Crippen molar-refractivity contribution in [3.05, 3.63) is 0 Å². The maximum atomic E-state index is 12.0. The summed E-state index contributed by atoms with van der Waals surface area (Å²) in [4.78, 5) is 13.9. The maximum absolute atomic E-state index is 12.0. The lowest BCUT2D eigenvalue weighted by molar-refractivity contribution is -0.138. The van der Waals surface area contributed by atoms with E-state index in [9.17, 15) is 4.79 Å². The molecule has 1 amide bonds. The fourth-order valence-corrected chi connectivity index (χ4v) is 2.32. The zero-order valence-corrected chi connectivity index (χ0v) is 11.2. The molecule has 2 unspecified atom stereocenters. The van der Waals surface area contributed by atoms with Crippen LogP contribution in [0.1, 0.15) is 39.5 Å². The molecule has 100 valence electrons. The van der Waals surface area contributed by atoms with Crippen LogP contribution in [0.15, 0.2) is 0 Å². The van der Waals surface area contributed by atoms with Gasteiger partial charge in [0, 0.05) is 19.5 Å². The van der Waals surface area contributed by atoms with E-state index in [0.29, 0.717) is 18.9 Å². The largest absolute Gasteiger partial charge is 0.375 e. The summed E-state index contributed by atoms with van der Waals surface area (Å²) in [7, 11) is 0. The molecule has 0 aromatic carbocycles. The van der Waals surface area contributed by atoms with Crippen LogP contribution >= 0.6 is 0 Å². The van der Waals surface area contributed by atoms with Crippen molar-refractivity contribution in [1.29, 1.82) is 0 Å². The summed E-state index contributed by atoms with van der Waals surface area (Å²) >= 11 is 0. The van der Waals surface area contributed by atoms with E-state index in [1.54, 1.807) is 0 Å². The average Bonchev–Trinajstić information content (AvgIpc) is 2.34. The fraction of sp³-hybridized carbons (Fsp3) is 0.923. The van der Waals surface area contributed by atoms with Crippen molar-refractivity contribution < 1.29 is 9.53 Å². The van der Waals surface area contributed by atoms with Gasteiger partial charge in [0.2, 0.25) is 5.91 Å².